The molecule has 0 aliphatic heterocycles. The van der Waals surface area contributed by atoms with Gasteiger partial charge in [0.1, 0.15) is 5.56 Å². The summed E-state index contributed by atoms with van der Waals surface area (Å²) in [6.07, 6.45) is 0. The van der Waals surface area contributed by atoms with Crippen LogP contribution in [-0.4, -0.2) is 32.2 Å². The Morgan fingerprint density at radius 2 is 1.96 bits per heavy atom. The molecule has 2 rings (SSSR count). The normalized spacial score (nSPS) is 10.4. The number of anilines is 1. The predicted molar refractivity (Wildman–Crippen MR) is 94.7 cm³/mol. The minimum atomic E-state index is -3.17. The van der Waals surface area contributed by atoms with Gasteiger partial charge in [-0.1, -0.05) is 23.7 Å². The molecular formula is C18H16ClF2NO5. The molecule has 0 saturated heterocycles. The summed E-state index contributed by atoms with van der Waals surface area (Å²) in [5, 5.41) is 2.82. The van der Waals surface area contributed by atoms with Gasteiger partial charge in [0.15, 0.2) is 18.1 Å². The summed E-state index contributed by atoms with van der Waals surface area (Å²) < 4.78 is 39.3. The molecule has 2 aromatic carbocycles. The summed E-state index contributed by atoms with van der Waals surface area (Å²) >= 11 is 6.01. The molecule has 2 aromatic rings. The van der Waals surface area contributed by atoms with E-state index in [4.69, 9.17) is 21.1 Å². The van der Waals surface area contributed by atoms with Crippen molar-refractivity contribution in [3.63, 3.8) is 0 Å². The Morgan fingerprint density at radius 3 is 2.59 bits per heavy atom. The molecule has 1 N–H and O–H groups in total. The molecule has 0 saturated carbocycles. The summed E-state index contributed by atoms with van der Waals surface area (Å²) in [4.78, 5) is 24.1. The fourth-order valence-corrected chi connectivity index (χ4v) is 2.45. The maximum Gasteiger partial charge on any atom is 0.387 e. The Bertz CT molecular complexity index is 844. The molecule has 0 aliphatic rings. The van der Waals surface area contributed by atoms with Gasteiger partial charge in [-0.25, -0.2) is 4.79 Å². The van der Waals surface area contributed by atoms with Gasteiger partial charge in [-0.2, -0.15) is 8.78 Å². The molecule has 27 heavy (non-hydrogen) atoms. The smallest absolute Gasteiger partial charge is 0.387 e. The first-order valence-electron chi connectivity index (χ1n) is 7.66. The lowest BCUT2D eigenvalue weighted by molar-refractivity contribution is -0.119. The number of methoxy groups -OCH3 is 1. The number of esters is 1. The molecule has 6 nitrogen and oxygen atoms in total. The first-order valence-corrected chi connectivity index (χ1v) is 8.04. The van der Waals surface area contributed by atoms with E-state index in [0.29, 0.717) is 10.7 Å². The van der Waals surface area contributed by atoms with Crippen LogP contribution in [0.1, 0.15) is 15.9 Å². The van der Waals surface area contributed by atoms with Gasteiger partial charge in [-0.05, 0) is 36.8 Å². The Balaban J connectivity index is 2.06. The Labute approximate surface area is 159 Å². The predicted octanol–water partition coefficient (Wildman–Crippen LogP) is 4.05. The lowest BCUT2D eigenvalue weighted by Gasteiger charge is -2.14. The highest BCUT2D eigenvalue weighted by atomic mass is 35.5. The standard InChI is InChI=1S/C18H16ClF2NO5/c1-10-6-7-13(12(19)8-10)22-15(23)9-26-17(24)11-4-3-5-14(25-2)16(11)27-18(20)21/h3-8,18H,9H2,1-2H3,(H,22,23). The van der Waals surface area contributed by atoms with Crippen molar-refractivity contribution in [2.75, 3.05) is 19.0 Å². The lowest BCUT2D eigenvalue weighted by atomic mass is 10.2. The number of carbonyl (C=O) groups excluding carboxylic acids is 2. The van der Waals surface area contributed by atoms with E-state index in [9.17, 15) is 18.4 Å². The minimum absolute atomic E-state index is 0.0689. The van der Waals surface area contributed by atoms with E-state index < -0.39 is 30.8 Å². The van der Waals surface area contributed by atoms with Crippen molar-refractivity contribution in [1.82, 2.24) is 0 Å². The van der Waals surface area contributed by atoms with Crippen LogP contribution in [0.4, 0.5) is 14.5 Å². The number of ether oxygens (including phenoxy) is 3. The largest absolute Gasteiger partial charge is 0.493 e. The van der Waals surface area contributed by atoms with Gasteiger partial charge in [0.2, 0.25) is 0 Å². The molecule has 0 radical (unpaired) electrons. The van der Waals surface area contributed by atoms with Gasteiger partial charge in [-0.15, -0.1) is 0 Å². The zero-order chi connectivity index (χ0) is 20.0. The molecule has 0 bridgehead atoms. The SMILES string of the molecule is COc1cccc(C(=O)OCC(=O)Nc2ccc(C)cc2Cl)c1OC(F)F. The fourth-order valence-electron chi connectivity index (χ4n) is 2.16. The number of benzene rings is 2. The van der Waals surface area contributed by atoms with Crippen molar-refractivity contribution in [3.8, 4) is 11.5 Å². The lowest BCUT2D eigenvalue weighted by Crippen LogP contribution is -2.21. The first-order chi connectivity index (χ1) is 12.8. The molecule has 0 fully saturated rings. The highest BCUT2D eigenvalue weighted by Crippen LogP contribution is 2.33. The second kappa shape index (κ2) is 9.18. The minimum Gasteiger partial charge on any atom is -0.493 e. The van der Waals surface area contributed by atoms with Crippen molar-refractivity contribution in [2.24, 2.45) is 0 Å². The molecule has 9 heteroatoms. The summed E-state index contributed by atoms with van der Waals surface area (Å²) in [7, 11) is 1.24. The van der Waals surface area contributed by atoms with Crippen LogP contribution < -0.4 is 14.8 Å². The molecule has 0 aliphatic carbocycles. The van der Waals surface area contributed by atoms with E-state index in [1.807, 2.05) is 6.92 Å². The maximum atomic E-state index is 12.6. The molecule has 0 unspecified atom stereocenters. The van der Waals surface area contributed by atoms with Crippen LogP contribution in [0, 0.1) is 6.92 Å². The van der Waals surface area contributed by atoms with E-state index in [-0.39, 0.29) is 11.3 Å². The number of nitrogens with one attached hydrogen (secondary N) is 1. The number of amides is 1. The summed E-state index contributed by atoms with van der Waals surface area (Å²) in [5.41, 5.74) is 0.969. The quantitative estimate of drug-likeness (QED) is 0.711. The van der Waals surface area contributed by atoms with E-state index in [1.54, 1.807) is 18.2 Å². The van der Waals surface area contributed by atoms with Gasteiger partial charge in [0.25, 0.3) is 5.91 Å². The van der Waals surface area contributed by atoms with Crippen LogP contribution in [0.25, 0.3) is 0 Å². The summed E-state index contributed by atoms with van der Waals surface area (Å²) in [5.74, 6) is -2.20. The molecular weight excluding hydrogens is 384 g/mol. The number of hydrogen-bond donors (Lipinski definition) is 1. The zero-order valence-corrected chi connectivity index (χ0v) is 15.2. The van der Waals surface area contributed by atoms with Crippen LogP contribution in [0.2, 0.25) is 5.02 Å². The third-order valence-electron chi connectivity index (χ3n) is 3.36. The molecule has 1 amide bonds. The van der Waals surface area contributed by atoms with E-state index in [1.165, 1.54) is 25.3 Å². The third-order valence-corrected chi connectivity index (χ3v) is 3.67. The first kappa shape index (κ1) is 20.4. The number of hydrogen-bond acceptors (Lipinski definition) is 5. The van der Waals surface area contributed by atoms with Crippen molar-refractivity contribution < 1.29 is 32.6 Å². The van der Waals surface area contributed by atoms with Crippen LogP contribution in [0.3, 0.4) is 0 Å². The topological polar surface area (TPSA) is 73.9 Å². The van der Waals surface area contributed by atoms with Crippen LogP contribution in [0.5, 0.6) is 11.5 Å². The average Bonchev–Trinajstić information content (AvgIpc) is 2.61. The van der Waals surface area contributed by atoms with Gasteiger partial charge in [0, 0.05) is 0 Å². The molecule has 0 atom stereocenters. The second-order valence-electron chi connectivity index (χ2n) is 5.32. The molecule has 0 spiro atoms. The molecule has 0 aromatic heterocycles. The number of aryl methyl sites for hydroxylation is 1. The number of rotatable bonds is 7. The summed E-state index contributed by atoms with van der Waals surface area (Å²) in [6.45, 7) is -1.97. The van der Waals surface area contributed by atoms with Crippen molar-refractivity contribution in [2.45, 2.75) is 13.5 Å². The van der Waals surface area contributed by atoms with Gasteiger partial charge in [0.05, 0.1) is 17.8 Å². The van der Waals surface area contributed by atoms with Gasteiger partial charge in [-0.3, -0.25) is 4.79 Å². The van der Waals surface area contributed by atoms with Crippen LogP contribution in [0.15, 0.2) is 36.4 Å². The highest BCUT2D eigenvalue weighted by Gasteiger charge is 2.22. The Kier molecular flexibility index (Phi) is 6.95. The molecule has 144 valence electrons. The monoisotopic (exact) mass is 399 g/mol. The number of carbonyl (C=O) groups is 2. The second-order valence-corrected chi connectivity index (χ2v) is 5.73. The van der Waals surface area contributed by atoms with Crippen molar-refractivity contribution in [3.05, 3.63) is 52.5 Å². The van der Waals surface area contributed by atoms with E-state index in [0.717, 1.165) is 5.56 Å². The Morgan fingerprint density at radius 1 is 1.22 bits per heavy atom. The third kappa shape index (κ3) is 5.55. The van der Waals surface area contributed by atoms with Crippen molar-refractivity contribution >= 4 is 29.2 Å². The Hall–Kier alpha value is -2.87. The fraction of sp³-hybridized carbons (Fsp3) is 0.222. The van der Waals surface area contributed by atoms with Crippen molar-refractivity contribution in [1.29, 1.82) is 0 Å². The van der Waals surface area contributed by atoms with Gasteiger partial charge >= 0.3 is 12.6 Å². The van der Waals surface area contributed by atoms with Crippen LogP contribution >= 0.6 is 11.6 Å². The van der Waals surface area contributed by atoms with Crippen LogP contribution in [-0.2, 0) is 9.53 Å². The average molecular weight is 400 g/mol. The van der Waals surface area contributed by atoms with E-state index >= 15 is 0 Å². The highest BCUT2D eigenvalue weighted by molar-refractivity contribution is 6.33. The zero-order valence-electron chi connectivity index (χ0n) is 14.4. The van der Waals surface area contributed by atoms with Gasteiger partial charge < -0.3 is 19.5 Å². The van der Waals surface area contributed by atoms with E-state index in [2.05, 4.69) is 10.1 Å². The molecule has 0 heterocycles. The number of halogens is 3. The maximum absolute atomic E-state index is 12.6. The summed E-state index contributed by atoms with van der Waals surface area (Å²) in [6, 6.07) is 8.98. The number of para-hydroxylation sites is 1. The number of alkyl halides is 2.